The van der Waals surface area contributed by atoms with Crippen molar-refractivity contribution in [3.05, 3.63) is 68.8 Å². The van der Waals surface area contributed by atoms with E-state index in [4.69, 9.17) is 39.1 Å². The van der Waals surface area contributed by atoms with Crippen molar-refractivity contribution in [1.29, 1.82) is 0 Å². The van der Waals surface area contributed by atoms with E-state index in [0.29, 0.717) is 23.9 Å². The van der Waals surface area contributed by atoms with Gasteiger partial charge in [0.05, 0.1) is 52.1 Å². The lowest BCUT2D eigenvalue weighted by Gasteiger charge is -2.18. The maximum atomic E-state index is 6.42. The molecule has 198 valence electrons. The SMILES string of the molecule is COc1cc([C@@H]2CC[C@@H](c3ccc(OCCc4cc(I)c(SCl)c(OC)c4)cc3)O2)cc(OC)c1OC. The summed E-state index contributed by atoms with van der Waals surface area (Å²) in [4.78, 5) is 0.937. The van der Waals surface area contributed by atoms with E-state index in [-0.39, 0.29) is 12.2 Å². The van der Waals surface area contributed by atoms with Crippen LogP contribution in [0.3, 0.4) is 0 Å². The summed E-state index contributed by atoms with van der Waals surface area (Å²) in [6.45, 7) is 0.565. The highest BCUT2D eigenvalue weighted by molar-refractivity contribution is 14.1. The van der Waals surface area contributed by atoms with Crippen LogP contribution < -0.4 is 23.7 Å². The molecular weight excluding hydrogens is 627 g/mol. The minimum absolute atomic E-state index is 0.0194. The van der Waals surface area contributed by atoms with Gasteiger partial charge < -0.3 is 28.4 Å². The van der Waals surface area contributed by atoms with Gasteiger partial charge in [-0.25, -0.2) is 0 Å². The molecule has 1 fully saturated rings. The van der Waals surface area contributed by atoms with Crippen molar-refractivity contribution in [2.24, 2.45) is 0 Å². The summed E-state index contributed by atoms with van der Waals surface area (Å²) in [5, 5.41) is 0. The molecule has 1 saturated heterocycles. The zero-order valence-electron chi connectivity index (χ0n) is 21.2. The highest BCUT2D eigenvalue weighted by Gasteiger charge is 2.29. The molecule has 0 unspecified atom stereocenters. The summed E-state index contributed by atoms with van der Waals surface area (Å²) in [5.41, 5.74) is 3.29. The number of halogens is 2. The number of rotatable bonds is 11. The van der Waals surface area contributed by atoms with Crippen molar-refractivity contribution in [3.63, 3.8) is 0 Å². The topological polar surface area (TPSA) is 55.4 Å². The van der Waals surface area contributed by atoms with Crippen LogP contribution in [0.15, 0.2) is 53.4 Å². The van der Waals surface area contributed by atoms with Crippen LogP contribution in [-0.4, -0.2) is 35.0 Å². The molecule has 0 spiro atoms. The Morgan fingerprint density at radius 3 is 2.03 bits per heavy atom. The maximum Gasteiger partial charge on any atom is 0.203 e. The first-order valence-electron chi connectivity index (χ1n) is 11.8. The Balaban J connectivity index is 1.35. The first-order chi connectivity index (χ1) is 18.0. The molecule has 6 nitrogen and oxygen atoms in total. The Hall–Kier alpha value is -2.01. The monoisotopic (exact) mass is 656 g/mol. The van der Waals surface area contributed by atoms with Crippen LogP contribution in [0.2, 0.25) is 0 Å². The number of hydrogen-bond acceptors (Lipinski definition) is 7. The molecule has 0 aromatic heterocycles. The van der Waals surface area contributed by atoms with Gasteiger partial charge in [0, 0.05) is 9.99 Å². The van der Waals surface area contributed by atoms with Gasteiger partial charge in [-0.3, -0.25) is 0 Å². The number of ether oxygens (including phenoxy) is 6. The molecule has 0 N–H and O–H groups in total. The van der Waals surface area contributed by atoms with E-state index >= 15 is 0 Å². The molecule has 1 aliphatic heterocycles. The van der Waals surface area contributed by atoms with Gasteiger partial charge in [0.15, 0.2) is 11.5 Å². The fourth-order valence-corrected chi connectivity index (χ4v) is 6.69. The van der Waals surface area contributed by atoms with Crippen LogP contribution in [0, 0.1) is 3.57 Å². The first-order valence-corrected chi connectivity index (χ1v) is 14.6. The molecule has 3 aromatic rings. The number of hydrogen-bond donors (Lipinski definition) is 0. The Labute approximate surface area is 240 Å². The van der Waals surface area contributed by atoms with Gasteiger partial charge >= 0.3 is 0 Å². The molecule has 0 aliphatic carbocycles. The summed E-state index contributed by atoms with van der Waals surface area (Å²) < 4.78 is 35.4. The second-order valence-corrected chi connectivity index (χ2v) is 10.7. The van der Waals surface area contributed by atoms with Crippen LogP contribution >= 0.6 is 44.2 Å². The van der Waals surface area contributed by atoms with Crippen LogP contribution in [-0.2, 0) is 11.2 Å². The molecule has 3 aromatic carbocycles. The van der Waals surface area contributed by atoms with Crippen LogP contribution in [0.25, 0.3) is 0 Å². The van der Waals surface area contributed by atoms with Crippen LogP contribution in [0.1, 0.15) is 41.7 Å². The van der Waals surface area contributed by atoms with Gasteiger partial charge in [0.25, 0.3) is 0 Å². The van der Waals surface area contributed by atoms with Gasteiger partial charge in [0.1, 0.15) is 11.5 Å². The molecule has 9 heteroatoms. The van der Waals surface area contributed by atoms with Gasteiger partial charge in [0.2, 0.25) is 5.75 Å². The van der Waals surface area contributed by atoms with Crippen molar-refractivity contribution in [1.82, 2.24) is 0 Å². The van der Waals surface area contributed by atoms with Crippen molar-refractivity contribution in [2.45, 2.75) is 36.4 Å². The highest BCUT2D eigenvalue weighted by atomic mass is 127. The minimum Gasteiger partial charge on any atom is -0.495 e. The Kier molecular flexibility index (Phi) is 9.97. The average Bonchev–Trinajstić information content (AvgIpc) is 3.42. The summed E-state index contributed by atoms with van der Waals surface area (Å²) in [6, 6.07) is 16.2. The molecule has 1 heterocycles. The molecule has 0 bridgehead atoms. The molecule has 2 atom stereocenters. The van der Waals surface area contributed by atoms with Crippen LogP contribution in [0.4, 0.5) is 0 Å². The quantitative estimate of drug-likeness (QED) is 0.195. The number of benzene rings is 3. The number of methoxy groups -OCH3 is 4. The van der Waals surface area contributed by atoms with Gasteiger partial charge in [-0.05, 0) is 110 Å². The first kappa shape index (κ1) is 28.0. The minimum atomic E-state index is -0.0435. The molecule has 37 heavy (non-hydrogen) atoms. The molecule has 4 rings (SSSR count). The maximum absolute atomic E-state index is 6.42. The third-order valence-electron chi connectivity index (χ3n) is 6.36. The van der Waals surface area contributed by atoms with Crippen molar-refractivity contribution < 1.29 is 28.4 Å². The van der Waals surface area contributed by atoms with E-state index < -0.39 is 0 Å². The van der Waals surface area contributed by atoms with E-state index in [1.165, 1.54) is 11.0 Å². The lowest BCUT2D eigenvalue weighted by Crippen LogP contribution is -2.04. The smallest absolute Gasteiger partial charge is 0.203 e. The summed E-state index contributed by atoms with van der Waals surface area (Å²) >= 11 is 2.28. The third-order valence-corrected chi connectivity index (χ3v) is 8.61. The molecule has 1 aliphatic rings. The molecule has 0 radical (unpaired) electrons. The average molecular weight is 657 g/mol. The fraction of sp³-hybridized carbons (Fsp3) is 0.357. The predicted molar refractivity (Wildman–Crippen MR) is 155 cm³/mol. The third kappa shape index (κ3) is 6.53. The highest BCUT2D eigenvalue weighted by Crippen LogP contribution is 2.46. The van der Waals surface area contributed by atoms with E-state index in [9.17, 15) is 0 Å². The zero-order chi connectivity index (χ0) is 26.4. The van der Waals surface area contributed by atoms with Crippen molar-refractivity contribution in [3.8, 4) is 28.7 Å². The van der Waals surface area contributed by atoms with E-state index in [1.807, 2.05) is 30.3 Å². The van der Waals surface area contributed by atoms with Gasteiger partial charge in [-0.1, -0.05) is 12.1 Å². The Morgan fingerprint density at radius 1 is 0.838 bits per heavy atom. The van der Waals surface area contributed by atoms with Crippen molar-refractivity contribution in [2.75, 3.05) is 35.0 Å². The Bertz CT molecular complexity index is 1180. The van der Waals surface area contributed by atoms with E-state index in [2.05, 4.69) is 40.8 Å². The summed E-state index contributed by atoms with van der Waals surface area (Å²) in [7, 11) is 13.6. The summed E-state index contributed by atoms with van der Waals surface area (Å²) in [6.07, 6.45) is 2.58. The lowest BCUT2D eigenvalue weighted by atomic mass is 10.0. The fourth-order valence-electron chi connectivity index (χ4n) is 4.47. The second-order valence-electron chi connectivity index (χ2n) is 8.50. The normalized spacial score (nSPS) is 16.9. The van der Waals surface area contributed by atoms with Gasteiger partial charge in [-0.15, -0.1) is 0 Å². The van der Waals surface area contributed by atoms with Crippen molar-refractivity contribution >= 4 is 44.2 Å². The lowest BCUT2D eigenvalue weighted by molar-refractivity contribution is 0.0438. The molecule has 0 saturated carbocycles. The van der Waals surface area contributed by atoms with Crippen LogP contribution in [0.5, 0.6) is 28.7 Å². The molecular formula is C28H30ClIO6S. The van der Waals surface area contributed by atoms with E-state index in [0.717, 1.165) is 55.9 Å². The van der Waals surface area contributed by atoms with E-state index in [1.54, 1.807) is 28.4 Å². The predicted octanol–water partition coefficient (Wildman–Crippen LogP) is 7.79. The second kappa shape index (κ2) is 13.2. The summed E-state index contributed by atoms with van der Waals surface area (Å²) in [5.74, 6) is 3.46. The standard InChI is InChI=1S/C28H30ClIO6S/c1-31-24-15-19(16-25(32-2)27(24)34-4)23-10-9-22(36-23)18-5-7-20(8-6-18)35-12-11-17-13-21(30)28(37-29)26(14-17)33-3/h5-8,13-16,22-23H,9-12H2,1-4H3/t22-,23-/m0/s1. The Morgan fingerprint density at radius 2 is 1.46 bits per heavy atom. The zero-order valence-corrected chi connectivity index (χ0v) is 24.9. The van der Waals surface area contributed by atoms with Gasteiger partial charge in [-0.2, -0.15) is 0 Å². The molecule has 0 amide bonds. The largest absolute Gasteiger partial charge is 0.495 e.